The SMILES string of the molecule is CCn1c(N)c(CN)c[n+]1CC1=C(C(=O)[O-])N2C(=O)[C@@H](NC(=O)/C(=N\OC(C)(C)C(=O)O)c3nsc(N)n3)[C@H]2SC1. The second-order valence-electron chi connectivity index (χ2n) is 9.46. The molecule has 1 saturated heterocycles. The van der Waals surface area contributed by atoms with Gasteiger partial charge in [0.2, 0.25) is 23.3 Å². The van der Waals surface area contributed by atoms with Gasteiger partial charge in [-0.15, -0.1) is 21.1 Å². The fraction of sp³-hybridized carbons (Fsp3) is 0.455. The van der Waals surface area contributed by atoms with Gasteiger partial charge in [0.25, 0.3) is 11.8 Å². The van der Waals surface area contributed by atoms with E-state index < -0.39 is 46.5 Å². The van der Waals surface area contributed by atoms with Gasteiger partial charge in [-0.05, 0) is 20.8 Å². The number of fused-ring (bicyclic) bond motifs is 1. The van der Waals surface area contributed by atoms with E-state index in [1.165, 1.54) is 25.6 Å². The third-order valence-corrected chi connectivity index (χ3v) is 8.25. The third-order valence-electron chi connectivity index (χ3n) is 6.37. The van der Waals surface area contributed by atoms with E-state index in [-0.39, 0.29) is 35.5 Å². The molecular formula is C22H28N10O7S2. The predicted molar refractivity (Wildman–Crippen MR) is 143 cm³/mol. The van der Waals surface area contributed by atoms with Crippen molar-refractivity contribution in [2.45, 2.75) is 57.4 Å². The van der Waals surface area contributed by atoms with Crippen LogP contribution in [-0.2, 0) is 43.7 Å². The minimum atomic E-state index is -1.80. The van der Waals surface area contributed by atoms with Crippen LogP contribution in [0.15, 0.2) is 22.6 Å². The van der Waals surface area contributed by atoms with Crippen LogP contribution in [0.1, 0.15) is 32.2 Å². The number of aliphatic carboxylic acids is 2. The number of β-lactam (4-membered cyclic amide) rings is 1. The number of carboxylic acids is 2. The van der Waals surface area contributed by atoms with E-state index in [1.807, 2.05) is 6.92 Å². The van der Waals surface area contributed by atoms with Crippen molar-refractivity contribution < 1.29 is 38.9 Å². The second kappa shape index (κ2) is 11.3. The van der Waals surface area contributed by atoms with Crippen molar-refractivity contribution in [1.82, 2.24) is 24.3 Å². The van der Waals surface area contributed by atoms with Crippen molar-refractivity contribution >= 4 is 63.7 Å². The van der Waals surface area contributed by atoms with E-state index in [9.17, 15) is 29.4 Å². The Labute approximate surface area is 241 Å². The Bertz CT molecular complexity index is 1480. The van der Waals surface area contributed by atoms with Gasteiger partial charge in [-0.25, -0.2) is 4.79 Å². The average molecular weight is 609 g/mol. The molecule has 17 nitrogen and oxygen atoms in total. The summed E-state index contributed by atoms with van der Waals surface area (Å²) in [6.45, 7) is 5.13. The largest absolute Gasteiger partial charge is 0.543 e. The number of carbonyl (C=O) groups is 4. The maximum atomic E-state index is 13.2. The molecule has 0 spiro atoms. The number of anilines is 2. The summed E-state index contributed by atoms with van der Waals surface area (Å²) in [5, 5.41) is 26.9. The van der Waals surface area contributed by atoms with Crippen LogP contribution in [0, 0.1) is 0 Å². The van der Waals surface area contributed by atoms with Crippen LogP contribution in [0.4, 0.5) is 10.9 Å². The van der Waals surface area contributed by atoms with Crippen LogP contribution >= 0.6 is 23.3 Å². The lowest BCUT2D eigenvalue weighted by atomic mass is 10.0. The van der Waals surface area contributed by atoms with E-state index in [2.05, 4.69) is 19.8 Å². The van der Waals surface area contributed by atoms with Crippen LogP contribution in [0.3, 0.4) is 0 Å². The third kappa shape index (κ3) is 5.55. The summed E-state index contributed by atoms with van der Waals surface area (Å²) in [5.41, 5.74) is 16.0. The Kier molecular flexibility index (Phi) is 8.22. The molecule has 0 aliphatic carbocycles. The van der Waals surface area contributed by atoms with Crippen LogP contribution < -0.4 is 32.3 Å². The van der Waals surface area contributed by atoms with E-state index in [0.717, 1.165) is 16.4 Å². The number of hydrogen-bond acceptors (Lipinski definition) is 14. The lowest BCUT2D eigenvalue weighted by Gasteiger charge is -2.50. The number of oxime groups is 1. The number of nitrogen functional groups attached to an aromatic ring is 2. The first-order chi connectivity index (χ1) is 19.3. The first-order valence-electron chi connectivity index (χ1n) is 12.2. The number of carboxylic acid groups (broad SMARTS) is 2. The van der Waals surface area contributed by atoms with Gasteiger partial charge in [-0.3, -0.25) is 14.5 Å². The van der Waals surface area contributed by atoms with Gasteiger partial charge in [0, 0.05) is 29.4 Å². The Morgan fingerprint density at radius 1 is 1.37 bits per heavy atom. The number of hydrogen-bond donors (Lipinski definition) is 5. The van der Waals surface area contributed by atoms with Gasteiger partial charge in [-0.2, -0.15) is 9.36 Å². The molecule has 1 fully saturated rings. The summed E-state index contributed by atoms with van der Waals surface area (Å²) in [5.74, 6) is -4.10. The number of nitrogens with zero attached hydrogens (tertiary/aromatic N) is 6. The summed E-state index contributed by atoms with van der Waals surface area (Å²) < 4.78 is 7.39. The van der Waals surface area contributed by atoms with Gasteiger partial charge in [0.1, 0.15) is 11.4 Å². The van der Waals surface area contributed by atoms with Crippen LogP contribution in [-0.4, -0.2) is 76.3 Å². The molecule has 0 aromatic carbocycles. The van der Waals surface area contributed by atoms with E-state index in [4.69, 9.17) is 22.0 Å². The zero-order valence-corrected chi connectivity index (χ0v) is 23.8. The molecule has 19 heteroatoms. The fourth-order valence-corrected chi connectivity index (χ4v) is 5.94. The van der Waals surface area contributed by atoms with Crippen LogP contribution in [0.5, 0.6) is 0 Å². The van der Waals surface area contributed by atoms with Gasteiger partial charge in [0.15, 0.2) is 17.5 Å². The van der Waals surface area contributed by atoms with Crippen molar-refractivity contribution in [3.05, 3.63) is 28.9 Å². The standard InChI is InChI=1S/C22H28N10O7S2/c1-4-31-14(24)9(5-23)6-30(31)7-10-8-40-18-12(17(34)32(18)13(10)19(35)36)26-16(33)11(15-27-21(25)41-29-15)28-39-22(2,3)20(37)38/h6,12,18,24H,4-5,7-8,23H2,1-3H3,(H5,25,26,27,29,33,35,36,37,38)/b28-11-/t12-,18-/m1/s1. The summed E-state index contributed by atoms with van der Waals surface area (Å²) in [4.78, 5) is 60.0. The van der Waals surface area contributed by atoms with E-state index >= 15 is 0 Å². The Balaban J connectivity index is 1.58. The van der Waals surface area contributed by atoms with Crippen molar-refractivity contribution in [3.63, 3.8) is 0 Å². The molecule has 8 N–H and O–H groups in total. The van der Waals surface area contributed by atoms with Gasteiger partial charge in [-0.1, -0.05) is 5.16 Å². The molecule has 0 saturated carbocycles. The average Bonchev–Trinajstić information content (AvgIpc) is 3.48. The molecule has 4 heterocycles. The van der Waals surface area contributed by atoms with Crippen molar-refractivity contribution in [2.24, 2.45) is 10.9 Å². The number of thioether (sulfide) groups is 1. The van der Waals surface area contributed by atoms with Gasteiger partial charge < -0.3 is 42.4 Å². The molecule has 0 unspecified atom stereocenters. The number of amides is 2. The monoisotopic (exact) mass is 608 g/mol. The van der Waals surface area contributed by atoms with E-state index in [0.29, 0.717) is 23.5 Å². The highest BCUT2D eigenvalue weighted by atomic mass is 32.2. The van der Waals surface area contributed by atoms with Crippen LogP contribution in [0.2, 0.25) is 0 Å². The normalized spacial score (nSPS) is 19.1. The smallest absolute Gasteiger partial charge is 0.350 e. The molecule has 220 valence electrons. The van der Waals surface area contributed by atoms with E-state index in [1.54, 1.807) is 15.6 Å². The number of carbonyl (C=O) groups excluding carboxylic acids is 3. The molecule has 2 aromatic heterocycles. The first-order valence-corrected chi connectivity index (χ1v) is 14.0. The number of nitrogens with two attached hydrogens (primary N) is 3. The Morgan fingerprint density at radius 2 is 2.07 bits per heavy atom. The highest BCUT2D eigenvalue weighted by Gasteiger charge is 2.53. The molecule has 4 rings (SSSR count). The zero-order valence-electron chi connectivity index (χ0n) is 22.2. The van der Waals surface area contributed by atoms with Crippen molar-refractivity contribution in [2.75, 3.05) is 17.2 Å². The molecule has 0 bridgehead atoms. The van der Waals surface area contributed by atoms with Crippen LogP contribution in [0.25, 0.3) is 0 Å². The molecule has 2 aliphatic heterocycles. The van der Waals surface area contributed by atoms with Gasteiger partial charge >= 0.3 is 5.97 Å². The molecule has 2 aliphatic rings. The Hall–Kier alpha value is -4.23. The van der Waals surface area contributed by atoms with Crippen molar-refractivity contribution in [1.29, 1.82) is 0 Å². The lowest BCUT2D eigenvalue weighted by molar-refractivity contribution is -0.767. The lowest BCUT2D eigenvalue weighted by Crippen LogP contribution is -2.71. The second-order valence-corrected chi connectivity index (χ2v) is 11.3. The quantitative estimate of drug-likeness (QED) is 0.0736. The number of aromatic nitrogens is 4. The zero-order chi connectivity index (χ0) is 30.2. The molecule has 2 atom stereocenters. The summed E-state index contributed by atoms with van der Waals surface area (Å²) >= 11 is 2.01. The fourth-order valence-electron chi connectivity index (χ4n) is 4.17. The molecule has 2 aromatic rings. The highest BCUT2D eigenvalue weighted by molar-refractivity contribution is 8.00. The molecule has 0 radical (unpaired) electrons. The maximum absolute atomic E-state index is 13.2. The van der Waals surface area contributed by atoms with Gasteiger partial charge in [0.05, 0.1) is 23.8 Å². The minimum absolute atomic E-state index is 0.00965. The summed E-state index contributed by atoms with van der Waals surface area (Å²) in [6.07, 6.45) is 1.73. The highest BCUT2D eigenvalue weighted by Crippen LogP contribution is 2.40. The topological polar surface area (TPSA) is 261 Å². The number of rotatable bonds is 11. The predicted octanol–water partition coefficient (Wildman–Crippen LogP) is -3.04. The molecule has 41 heavy (non-hydrogen) atoms. The van der Waals surface area contributed by atoms with Crippen molar-refractivity contribution in [3.8, 4) is 0 Å². The summed E-state index contributed by atoms with van der Waals surface area (Å²) in [7, 11) is 0. The number of nitrogens with one attached hydrogen (secondary N) is 1. The molecular weight excluding hydrogens is 580 g/mol. The minimum Gasteiger partial charge on any atom is -0.543 e. The summed E-state index contributed by atoms with van der Waals surface area (Å²) in [6, 6.07) is -1.14. The molecule has 2 amide bonds. The first kappa shape index (κ1) is 29.7. The maximum Gasteiger partial charge on any atom is 0.350 e. The Morgan fingerprint density at radius 3 is 2.63 bits per heavy atom.